The normalized spacial score (nSPS) is 24.9. The van der Waals surface area contributed by atoms with Crippen molar-refractivity contribution in [3.63, 3.8) is 0 Å². The van der Waals surface area contributed by atoms with Gasteiger partial charge in [-0.15, -0.1) is 0 Å². The molecule has 0 radical (unpaired) electrons. The molecule has 1 aromatic carbocycles. The van der Waals surface area contributed by atoms with Crippen LogP contribution < -0.4 is 69.2 Å². The summed E-state index contributed by atoms with van der Waals surface area (Å²) in [7, 11) is -48.0. The molecule has 0 aliphatic heterocycles. The van der Waals surface area contributed by atoms with Gasteiger partial charge in [-0.25, -0.2) is 9.11 Å². The second-order valence-corrected chi connectivity index (χ2v) is 19.3. The van der Waals surface area contributed by atoms with Crippen molar-refractivity contribution in [3.05, 3.63) is 40.2 Å². The molecular formula is C20H22NO29P7-12. The molecule has 1 aliphatic rings. The van der Waals surface area contributed by atoms with Gasteiger partial charge in [0.15, 0.2) is 0 Å². The SMILES string of the molecule is CCN(CC)c1ccc2c(COP(=O)([O-])OP(=O)([O-])OC3[C@@H](OP(=O)([O-])[O-])[C@H](OP(=O)([O-])[O-])C(OP(=O)([O-])[O-])[C@H](OP(=O)([O-])[O-])[C@H]3OP(=O)([O-])[O-])cc(=O)oc2c1. The fraction of sp³-hybridized carbons (Fsp3) is 0.550. The first-order chi connectivity index (χ1) is 25.6. The van der Waals surface area contributed by atoms with Crippen LogP contribution in [0.15, 0.2) is 33.5 Å². The Bertz CT molecular complexity index is 2080. The van der Waals surface area contributed by atoms with Crippen LogP contribution in [0.4, 0.5) is 5.69 Å². The lowest BCUT2D eigenvalue weighted by Gasteiger charge is -2.56. The maximum Gasteiger partial charge on any atom is 0.336 e. The smallest absolute Gasteiger partial charge is 0.336 e. The first kappa shape index (κ1) is 50.4. The molecule has 1 aliphatic carbocycles. The highest BCUT2D eigenvalue weighted by Gasteiger charge is 2.58. The Morgan fingerprint density at radius 3 is 1.28 bits per heavy atom. The molecule has 3 rings (SSSR count). The van der Waals surface area contributed by atoms with Crippen molar-refractivity contribution in [2.45, 2.75) is 57.1 Å². The average Bonchev–Trinajstić information content (AvgIpc) is 2.98. The van der Waals surface area contributed by atoms with E-state index in [1.807, 2.05) is 4.90 Å². The molecular weight excluding hydrogens is 935 g/mol. The van der Waals surface area contributed by atoms with Gasteiger partial charge in [-0.3, -0.25) is 9.13 Å². The fourth-order valence-electron chi connectivity index (χ4n) is 5.17. The predicted octanol–water partition coefficient (Wildman–Crippen LogP) is -7.42. The minimum absolute atomic E-state index is 0.00573. The summed E-state index contributed by atoms with van der Waals surface area (Å²) in [5.74, 6) is 0. The molecule has 0 spiro atoms. The first-order valence-electron chi connectivity index (χ1n) is 14.6. The number of rotatable bonds is 20. The molecule has 1 aromatic heterocycles. The zero-order valence-electron chi connectivity index (χ0n) is 27.8. The van der Waals surface area contributed by atoms with E-state index in [1.165, 1.54) is 18.2 Å². The van der Waals surface area contributed by atoms with Gasteiger partial charge in [0.05, 0.1) is 45.7 Å². The maximum absolute atomic E-state index is 13.0. The number of hydrogen-bond donors (Lipinski definition) is 0. The van der Waals surface area contributed by atoms with E-state index < -0.39 is 104 Å². The standard InChI is InChI=1S/C20H34NO29P7/c1-3-21(4-2)11-5-6-12-10(7-14(22)43-13(12)8-11)9-42-56(38,39)50-57(40,41)49-20-18(47-54(32,33)34)16(45-52(26,27)28)15(44-51(23,24)25)17(46-53(29,30)31)19(20)48-55(35,36)37/h5-8,15-20H,3-4,9H2,1-2H3,(H,38,39)(H,40,41)(H2,23,24,25)(H2,26,27,28)(H2,29,30,31)(H2,32,33,34)(H2,35,36,37)/p-12/t15?,16-,17+,18+,19-,20?. The maximum atomic E-state index is 13.0. The van der Waals surface area contributed by atoms with Crippen molar-refractivity contribution in [1.82, 2.24) is 0 Å². The van der Waals surface area contributed by atoms with Gasteiger partial charge < -0.3 is 123 Å². The highest BCUT2D eigenvalue weighted by Crippen LogP contribution is 2.59. The van der Waals surface area contributed by atoms with Crippen molar-refractivity contribution in [1.29, 1.82) is 0 Å². The lowest BCUT2D eigenvalue weighted by Crippen LogP contribution is -2.68. The third-order valence-corrected chi connectivity index (χ3v) is 12.0. The Morgan fingerprint density at radius 2 is 0.930 bits per heavy atom. The molecule has 37 heteroatoms. The number of nitrogens with zero attached hydrogens (tertiary/aromatic N) is 1. The van der Waals surface area contributed by atoms with Crippen LogP contribution in [0, 0.1) is 0 Å². The minimum atomic E-state index is -7.07. The third-order valence-electron chi connectivity index (χ3n) is 6.97. The summed E-state index contributed by atoms with van der Waals surface area (Å²) < 4.78 is 120. The Labute approximate surface area is 317 Å². The molecule has 1 saturated carbocycles. The second kappa shape index (κ2) is 18.6. The molecule has 1 heterocycles. The van der Waals surface area contributed by atoms with Gasteiger partial charge in [0.2, 0.25) is 0 Å². The summed E-state index contributed by atoms with van der Waals surface area (Å²) in [6.07, 6.45) is -22.7. The number of phosphoric acid groups is 7. The molecule has 0 bridgehead atoms. The number of hydrogen-bond acceptors (Lipinski definition) is 30. The second-order valence-electron chi connectivity index (χ2n) is 10.8. The molecule has 2 aromatic rings. The van der Waals surface area contributed by atoms with Gasteiger partial charge in [0, 0.05) is 36.3 Å². The van der Waals surface area contributed by atoms with Gasteiger partial charge >= 0.3 is 5.63 Å². The Hall–Kier alpha value is -0.960. The fourth-order valence-corrected chi connectivity index (χ4v) is 10.0. The highest BCUT2D eigenvalue weighted by molar-refractivity contribution is 7.59. The van der Waals surface area contributed by atoms with E-state index in [0.29, 0.717) is 24.8 Å². The molecule has 8 atom stereocenters. The highest BCUT2D eigenvalue weighted by atomic mass is 31.3. The van der Waals surface area contributed by atoms with Crippen LogP contribution in [0.1, 0.15) is 19.4 Å². The number of phosphoric ester groups is 7. The lowest BCUT2D eigenvalue weighted by atomic mass is 9.85. The molecule has 1 fully saturated rings. The van der Waals surface area contributed by atoms with Crippen molar-refractivity contribution in [2.75, 3.05) is 18.0 Å². The van der Waals surface area contributed by atoms with Gasteiger partial charge in [-0.2, -0.15) is 0 Å². The number of fused-ring (bicyclic) bond motifs is 1. The van der Waals surface area contributed by atoms with Crippen LogP contribution in [0.5, 0.6) is 0 Å². The Morgan fingerprint density at radius 1 is 0.561 bits per heavy atom. The zero-order chi connectivity index (χ0) is 43.7. The molecule has 30 nitrogen and oxygen atoms in total. The quantitative estimate of drug-likeness (QED) is 0.0878. The van der Waals surface area contributed by atoms with Crippen LogP contribution in [-0.4, -0.2) is 49.7 Å². The Balaban J connectivity index is 2.13. The summed E-state index contributed by atoms with van der Waals surface area (Å²) in [6.45, 7) is 3.33. The summed E-state index contributed by atoms with van der Waals surface area (Å²) in [4.78, 5) is 155. The lowest BCUT2D eigenvalue weighted by molar-refractivity contribution is -0.385. The monoisotopic (exact) mass is 957 g/mol. The molecule has 57 heavy (non-hydrogen) atoms. The Kier molecular flexibility index (Phi) is 16.4. The summed E-state index contributed by atoms with van der Waals surface area (Å²) >= 11 is 0. The molecule has 0 N–H and O–H groups in total. The summed E-state index contributed by atoms with van der Waals surface area (Å²) in [5.41, 5.74) is -0.999. The van der Waals surface area contributed by atoms with Crippen molar-refractivity contribution in [3.8, 4) is 0 Å². The van der Waals surface area contributed by atoms with E-state index in [-0.39, 0.29) is 16.5 Å². The van der Waals surface area contributed by atoms with Crippen LogP contribution in [0.25, 0.3) is 11.0 Å². The number of anilines is 1. The molecule has 328 valence electrons. The minimum Gasteiger partial charge on any atom is -0.790 e. The van der Waals surface area contributed by atoms with Gasteiger partial charge in [0.25, 0.3) is 15.6 Å². The summed E-state index contributed by atoms with van der Waals surface area (Å²) in [6, 6.07) is 4.90. The summed E-state index contributed by atoms with van der Waals surface area (Å²) in [5, 5.41) is 0.00573. The third kappa shape index (κ3) is 16.1. The van der Waals surface area contributed by atoms with Crippen molar-refractivity contribution < 1.29 is 131 Å². The molecule has 0 amide bonds. The average molecular weight is 957 g/mol. The van der Waals surface area contributed by atoms with Crippen molar-refractivity contribution >= 4 is 71.4 Å². The van der Waals surface area contributed by atoms with E-state index in [1.54, 1.807) is 13.8 Å². The first-order valence-corrected chi connectivity index (χ1v) is 24.8. The van der Waals surface area contributed by atoms with Crippen LogP contribution in [-0.2, 0) is 74.5 Å². The van der Waals surface area contributed by atoms with E-state index in [0.717, 1.165) is 0 Å². The van der Waals surface area contributed by atoms with E-state index in [9.17, 15) is 95.5 Å². The largest absolute Gasteiger partial charge is 0.790 e. The van der Waals surface area contributed by atoms with E-state index in [2.05, 4.69) is 36.0 Å². The van der Waals surface area contributed by atoms with Crippen LogP contribution in [0.3, 0.4) is 0 Å². The molecule has 4 unspecified atom stereocenters. The molecule has 0 saturated heterocycles. The van der Waals surface area contributed by atoms with Crippen molar-refractivity contribution in [2.24, 2.45) is 0 Å². The topological polar surface area (TPSA) is 504 Å². The zero-order valence-corrected chi connectivity index (χ0v) is 34.1. The van der Waals surface area contributed by atoms with E-state index in [4.69, 9.17) is 4.42 Å². The van der Waals surface area contributed by atoms with E-state index >= 15 is 0 Å². The number of benzene rings is 1. The predicted molar refractivity (Wildman–Crippen MR) is 154 cm³/mol. The van der Waals surface area contributed by atoms with Gasteiger partial charge in [-0.1, -0.05) is 0 Å². The van der Waals surface area contributed by atoms with Crippen LogP contribution in [0.2, 0.25) is 0 Å². The van der Waals surface area contributed by atoms with Gasteiger partial charge in [0.1, 0.15) is 42.2 Å². The van der Waals surface area contributed by atoms with Gasteiger partial charge in [-0.05, 0) is 31.5 Å². The van der Waals surface area contributed by atoms with Crippen LogP contribution >= 0.6 is 54.8 Å².